The number of nitrogens with zero attached hydrogens (tertiary/aromatic N) is 2. The Kier molecular flexibility index (Phi) is 2.72. The zero-order chi connectivity index (χ0) is 14.6. The van der Waals surface area contributed by atoms with E-state index in [2.05, 4.69) is 22.6 Å². The highest BCUT2D eigenvalue weighted by Gasteiger charge is 2.51. The molecule has 2 nitrogen and oxygen atoms in total. The standard InChI is InChI=1S/C15H10BF2IN2/c17-16(18)20-9-1-3-13(20)15(14-4-2-10-21(14)16)11-5-7-12(19)8-6-11/h1-10H. The van der Waals surface area contributed by atoms with Gasteiger partial charge in [-0.15, -0.1) is 0 Å². The molecule has 0 saturated heterocycles. The smallest absolute Gasteiger partial charge is 0.396 e. The summed E-state index contributed by atoms with van der Waals surface area (Å²) < 4.78 is 32.5. The highest BCUT2D eigenvalue weighted by molar-refractivity contribution is 14.1. The summed E-state index contributed by atoms with van der Waals surface area (Å²) in [6, 6.07) is 11.3. The van der Waals surface area contributed by atoms with E-state index in [1.54, 1.807) is 24.3 Å². The Labute approximate surface area is 134 Å². The third-order valence-corrected chi connectivity index (χ3v) is 4.59. The van der Waals surface area contributed by atoms with Crippen LogP contribution in [0.4, 0.5) is 8.63 Å². The van der Waals surface area contributed by atoms with Crippen molar-refractivity contribution in [3.8, 4) is 0 Å². The molecule has 2 aliphatic heterocycles. The third kappa shape index (κ3) is 1.78. The van der Waals surface area contributed by atoms with Crippen LogP contribution in [-0.2, 0) is 0 Å². The molecule has 4 rings (SSSR count). The summed E-state index contributed by atoms with van der Waals surface area (Å²) >= 11 is 2.23. The lowest BCUT2D eigenvalue weighted by Crippen LogP contribution is -2.49. The van der Waals surface area contributed by atoms with Crippen LogP contribution >= 0.6 is 22.6 Å². The Morgan fingerprint density at radius 3 is 2.62 bits per heavy atom. The number of fused-ring (bicyclic) bond motifs is 2. The Bertz CT molecular complexity index is 832. The fourth-order valence-electron chi connectivity index (χ4n) is 2.93. The van der Waals surface area contributed by atoms with Crippen molar-refractivity contribution in [1.29, 1.82) is 0 Å². The van der Waals surface area contributed by atoms with Gasteiger partial charge in [0.1, 0.15) is 6.21 Å². The number of allylic oxidation sites excluding steroid dienone is 2. The summed E-state index contributed by atoms with van der Waals surface area (Å²) in [6.07, 6.45) is 6.32. The molecule has 21 heavy (non-hydrogen) atoms. The maximum Gasteiger partial charge on any atom is 0.737 e. The number of rotatable bonds is 1. The van der Waals surface area contributed by atoms with Crippen molar-refractivity contribution >= 4 is 41.3 Å². The van der Waals surface area contributed by atoms with E-state index in [-0.39, 0.29) is 0 Å². The third-order valence-electron chi connectivity index (χ3n) is 3.87. The SMILES string of the molecule is F[B-]1(F)n2cccc2C(c2ccc(I)cc2)=C2C=CC=[N+]21. The number of benzene rings is 1. The van der Waals surface area contributed by atoms with Crippen LogP contribution in [0.15, 0.2) is 60.4 Å². The van der Waals surface area contributed by atoms with Gasteiger partial charge in [-0.05, 0) is 58.6 Å². The molecule has 1 aromatic carbocycles. The van der Waals surface area contributed by atoms with Crippen molar-refractivity contribution in [1.82, 2.24) is 4.48 Å². The fourth-order valence-corrected chi connectivity index (χ4v) is 3.29. The second kappa shape index (κ2) is 4.40. The van der Waals surface area contributed by atoms with E-state index >= 15 is 0 Å². The summed E-state index contributed by atoms with van der Waals surface area (Å²) in [7, 11) is 0. The van der Waals surface area contributed by atoms with Gasteiger partial charge in [-0.25, -0.2) is 0 Å². The fraction of sp³-hybridized carbons (Fsp3) is 0. The minimum atomic E-state index is -3.81. The number of hydrogen-bond acceptors (Lipinski definition) is 0. The second-order valence-electron chi connectivity index (χ2n) is 5.07. The highest BCUT2D eigenvalue weighted by atomic mass is 127. The van der Waals surface area contributed by atoms with E-state index < -0.39 is 6.97 Å². The minimum Gasteiger partial charge on any atom is -0.396 e. The molecule has 104 valence electrons. The van der Waals surface area contributed by atoms with Gasteiger partial charge in [-0.1, -0.05) is 12.1 Å². The van der Waals surface area contributed by atoms with Gasteiger partial charge >= 0.3 is 6.97 Å². The summed E-state index contributed by atoms with van der Waals surface area (Å²) in [5.74, 6) is 0. The predicted molar refractivity (Wildman–Crippen MR) is 88.4 cm³/mol. The Balaban J connectivity index is 2.04. The molecule has 0 aliphatic carbocycles. The van der Waals surface area contributed by atoms with Gasteiger partial charge in [0.25, 0.3) is 0 Å². The largest absolute Gasteiger partial charge is 0.737 e. The molecular formula is C15H10BF2IN2. The van der Waals surface area contributed by atoms with Crippen LogP contribution < -0.4 is 0 Å². The topological polar surface area (TPSA) is 7.94 Å². The first-order chi connectivity index (χ1) is 10.1. The highest BCUT2D eigenvalue weighted by Crippen LogP contribution is 2.38. The Hall–Kier alpha value is -1.70. The molecule has 0 spiro atoms. The van der Waals surface area contributed by atoms with E-state index in [4.69, 9.17) is 0 Å². The zero-order valence-electron chi connectivity index (χ0n) is 10.9. The van der Waals surface area contributed by atoms with E-state index in [1.807, 2.05) is 24.3 Å². The monoisotopic (exact) mass is 394 g/mol. The van der Waals surface area contributed by atoms with Crippen molar-refractivity contribution in [2.24, 2.45) is 0 Å². The first-order valence-electron chi connectivity index (χ1n) is 6.59. The molecule has 0 unspecified atom stereocenters. The molecule has 2 aromatic rings. The quantitative estimate of drug-likeness (QED) is 0.515. The minimum absolute atomic E-state index is 0.562. The average Bonchev–Trinajstić information content (AvgIpc) is 3.10. The van der Waals surface area contributed by atoms with Gasteiger partial charge in [0.15, 0.2) is 5.70 Å². The lowest BCUT2D eigenvalue weighted by atomic mass is 9.86. The maximum absolute atomic E-state index is 14.6. The van der Waals surface area contributed by atoms with Crippen molar-refractivity contribution in [3.63, 3.8) is 0 Å². The molecule has 0 fully saturated rings. The molecule has 0 radical (unpaired) electrons. The molecule has 0 bridgehead atoms. The van der Waals surface area contributed by atoms with E-state index in [0.717, 1.165) is 23.7 Å². The molecule has 0 atom stereocenters. The van der Waals surface area contributed by atoms with Crippen LogP contribution in [-0.4, -0.2) is 22.1 Å². The lowest BCUT2D eigenvalue weighted by Gasteiger charge is -2.30. The molecular weight excluding hydrogens is 384 g/mol. The molecule has 0 amide bonds. The predicted octanol–water partition coefficient (Wildman–Crippen LogP) is 3.74. The summed E-state index contributed by atoms with van der Waals surface area (Å²) in [5.41, 5.74) is 2.91. The molecule has 0 N–H and O–H groups in total. The normalized spacial score (nSPS) is 18.5. The molecule has 0 saturated carbocycles. The van der Waals surface area contributed by atoms with Gasteiger partial charge in [0.05, 0.1) is 5.57 Å². The van der Waals surface area contributed by atoms with Crippen LogP contribution in [0.2, 0.25) is 0 Å². The number of halogens is 3. The summed E-state index contributed by atoms with van der Waals surface area (Å²) in [6.45, 7) is -3.81. The summed E-state index contributed by atoms with van der Waals surface area (Å²) in [5, 5.41) is 0. The summed E-state index contributed by atoms with van der Waals surface area (Å²) in [4.78, 5) is 0. The number of hydrogen-bond donors (Lipinski definition) is 0. The van der Waals surface area contributed by atoms with Gasteiger partial charge in [0, 0.05) is 21.4 Å². The zero-order valence-corrected chi connectivity index (χ0v) is 13.0. The van der Waals surface area contributed by atoms with Gasteiger partial charge in [-0.2, -0.15) is 0 Å². The maximum atomic E-state index is 14.6. The first kappa shape index (κ1) is 13.0. The van der Waals surface area contributed by atoms with Gasteiger partial charge < -0.3 is 17.6 Å². The van der Waals surface area contributed by atoms with Gasteiger partial charge in [-0.3, -0.25) is 0 Å². The van der Waals surface area contributed by atoms with E-state index in [9.17, 15) is 8.63 Å². The van der Waals surface area contributed by atoms with E-state index in [0.29, 0.717) is 11.4 Å². The molecule has 1 aromatic heterocycles. The van der Waals surface area contributed by atoms with Crippen LogP contribution in [0.5, 0.6) is 0 Å². The average molecular weight is 394 g/mol. The Morgan fingerprint density at radius 1 is 1.10 bits per heavy atom. The van der Waals surface area contributed by atoms with Crippen LogP contribution in [0, 0.1) is 3.57 Å². The second-order valence-corrected chi connectivity index (χ2v) is 6.32. The van der Waals surface area contributed by atoms with Crippen LogP contribution in [0.25, 0.3) is 5.57 Å². The van der Waals surface area contributed by atoms with Gasteiger partial charge in [0.2, 0.25) is 0 Å². The van der Waals surface area contributed by atoms with Crippen LogP contribution in [0.3, 0.4) is 0 Å². The molecule has 6 heteroatoms. The van der Waals surface area contributed by atoms with Crippen LogP contribution in [0.1, 0.15) is 11.3 Å². The van der Waals surface area contributed by atoms with Crippen molar-refractivity contribution in [2.45, 2.75) is 0 Å². The van der Waals surface area contributed by atoms with Crippen molar-refractivity contribution in [3.05, 3.63) is 75.3 Å². The molecule has 3 heterocycles. The lowest BCUT2D eigenvalue weighted by molar-refractivity contribution is -0.356. The number of aromatic nitrogens is 1. The van der Waals surface area contributed by atoms with Crippen molar-refractivity contribution in [2.75, 3.05) is 0 Å². The first-order valence-corrected chi connectivity index (χ1v) is 7.67. The van der Waals surface area contributed by atoms with Crippen molar-refractivity contribution < 1.29 is 13.1 Å². The molecule has 2 aliphatic rings. The van der Waals surface area contributed by atoms with E-state index in [1.165, 1.54) is 12.4 Å². The Morgan fingerprint density at radius 2 is 1.86 bits per heavy atom.